The van der Waals surface area contributed by atoms with Crippen molar-refractivity contribution in [3.63, 3.8) is 0 Å². The quantitative estimate of drug-likeness (QED) is 0.202. The standard InChI is InChI=1S/C27H26BrN3O2S2/c1-16(2)19-7-3-5-9-21(19)29-23(32)15-34-27-30-25-24(20-8-4-6-10-22(20)35-25)26(33)31(27)18-13-11-17(28)12-14-18/h3,5,7,9,11-14,16H,4,6,8,10,15H2,1-2H3,(H,29,32). The van der Waals surface area contributed by atoms with E-state index in [1.807, 2.05) is 48.5 Å². The van der Waals surface area contributed by atoms with Crippen LogP contribution in [-0.4, -0.2) is 21.2 Å². The average Bonchev–Trinajstić information content (AvgIpc) is 3.22. The van der Waals surface area contributed by atoms with Crippen LogP contribution >= 0.6 is 39.0 Å². The lowest BCUT2D eigenvalue weighted by molar-refractivity contribution is -0.113. The van der Waals surface area contributed by atoms with Gasteiger partial charge in [-0.1, -0.05) is 59.7 Å². The number of amides is 1. The summed E-state index contributed by atoms with van der Waals surface area (Å²) >= 11 is 6.40. The summed E-state index contributed by atoms with van der Waals surface area (Å²) in [5.41, 5.74) is 3.79. The first-order chi connectivity index (χ1) is 16.9. The zero-order valence-electron chi connectivity index (χ0n) is 19.6. The molecule has 180 valence electrons. The Morgan fingerprint density at radius 3 is 2.66 bits per heavy atom. The molecule has 0 unspecified atom stereocenters. The summed E-state index contributed by atoms with van der Waals surface area (Å²) in [6.07, 6.45) is 4.19. The van der Waals surface area contributed by atoms with E-state index in [2.05, 4.69) is 35.1 Å². The summed E-state index contributed by atoms with van der Waals surface area (Å²) in [7, 11) is 0. The number of para-hydroxylation sites is 1. The number of hydrogen-bond acceptors (Lipinski definition) is 5. The molecular weight excluding hydrogens is 542 g/mol. The Bertz CT molecular complexity index is 1460. The third-order valence-electron chi connectivity index (χ3n) is 6.23. The van der Waals surface area contributed by atoms with Crippen molar-refractivity contribution in [3.8, 4) is 5.69 Å². The molecule has 1 aliphatic carbocycles. The molecule has 1 aliphatic rings. The van der Waals surface area contributed by atoms with Crippen LogP contribution in [-0.2, 0) is 17.6 Å². The molecule has 4 aromatic rings. The van der Waals surface area contributed by atoms with Crippen molar-refractivity contribution in [2.45, 2.75) is 50.6 Å². The molecule has 0 radical (unpaired) electrons. The monoisotopic (exact) mass is 567 g/mol. The van der Waals surface area contributed by atoms with Gasteiger partial charge in [0, 0.05) is 15.0 Å². The molecule has 0 spiro atoms. The molecule has 2 aromatic heterocycles. The van der Waals surface area contributed by atoms with Crippen LogP contribution in [0.1, 0.15) is 48.6 Å². The number of carbonyl (C=O) groups is 1. The summed E-state index contributed by atoms with van der Waals surface area (Å²) < 4.78 is 2.60. The van der Waals surface area contributed by atoms with Crippen LogP contribution in [0.15, 0.2) is 63.0 Å². The van der Waals surface area contributed by atoms with Gasteiger partial charge >= 0.3 is 0 Å². The van der Waals surface area contributed by atoms with Gasteiger partial charge < -0.3 is 5.32 Å². The molecule has 8 heteroatoms. The second kappa shape index (κ2) is 10.3. The minimum atomic E-state index is -0.120. The molecule has 0 fully saturated rings. The fourth-order valence-corrected chi connectivity index (χ4v) is 6.91. The van der Waals surface area contributed by atoms with Crippen molar-refractivity contribution in [2.24, 2.45) is 0 Å². The van der Waals surface area contributed by atoms with Crippen LogP contribution in [0.3, 0.4) is 0 Å². The number of aryl methyl sites for hydroxylation is 2. The number of aromatic nitrogens is 2. The fraction of sp³-hybridized carbons (Fsp3) is 0.296. The second-order valence-corrected chi connectivity index (χ2v) is 11.9. The third-order valence-corrected chi connectivity index (χ3v) is 8.89. The van der Waals surface area contributed by atoms with E-state index in [9.17, 15) is 9.59 Å². The summed E-state index contributed by atoms with van der Waals surface area (Å²) in [6.45, 7) is 4.22. The molecule has 2 aromatic carbocycles. The third kappa shape index (κ3) is 4.97. The number of thiophene rings is 1. The molecule has 0 bridgehead atoms. The largest absolute Gasteiger partial charge is 0.325 e. The molecule has 5 rings (SSSR count). The second-order valence-electron chi connectivity index (χ2n) is 8.98. The molecule has 0 atom stereocenters. The van der Waals surface area contributed by atoms with Crippen molar-refractivity contribution >= 4 is 60.8 Å². The zero-order valence-corrected chi connectivity index (χ0v) is 22.9. The van der Waals surface area contributed by atoms with Gasteiger partial charge in [-0.05, 0) is 73.1 Å². The lowest BCUT2D eigenvalue weighted by Crippen LogP contribution is -2.23. The van der Waals surface area contributed by atoms with E-state index in [1.165, 1.54) is 22.2 Å². The average molecular weight is 569 g/mol. The molecule has 5 nitrogen and oxygen atoms in total. The number of carbonyl (C=O) groups excluding carboxylic acids is 1. The Balaban J connectivity index is 1.50. The summed E-state index contributed by atoms with van der Waals surface area (Å²) in [5, 5.41) is 4.32. The number of nitrogens with one attached hydrogen (secondary N) is 1. The van der Waals surface area contributed by atoms with Gasteiger partial charge in [-0.2, -0.15) is 0 Å². The molecular formula is C27H26BrN3O2S2. The zero-order chi connectivity index (χ0) is 24.5. The number of anilines is 1. The first-order valence-electron chi connectivity index (χ1n) is 11.8. The van der Waals surface area contributed by atoms with E-state index in [4.69, 9.17) is 4.98 Å². The van der Waals surface area contributed by atoms with Gasteiger partial charge in [-0.25, -0.2) is 4.98 Å². The van der Waals surface area contributed by atoms with Crippen LogP contribution in [0.5, 0.6) is 0 Å². The minimum absolute atomic E-state index is 0.0511. The number of halogens is 1. The maximum atomic E-state index is 13.8. The van der Waals surface area contributed by atoms with Gasteiger partial charge in [0.2, 0.25) is 5.91 Å². The molecule has 0 saturated heterocycles. The topological polar surface area (TPSA) is 64.0 Å². The van der Waals surface area contributed by atoms with E-state index in [0.717, 1.165) is 57.3 Å². The minimum Gasteiger partial charge on any atom is -0.325 e. The Morgan fingerprint density at radius 2 is 1.89 bits per heavy atom. The molecule has 1 N–H and O–H groups in total. The van der Waals surface area contributed by atoms with Gasteiger partial charge in [-0.3, -0.25) is 14.2 Å². The Morgan fingerprint density at radius 1 is 1.14 bits per heavy atom. The highest BCUT2D eigenvalue weighted by molar-refractivity contribution is 9.10. The van der Waals surface area contributed by atoms with Gasteiger partial charge in [0.05, 0.1) is 16.8 Å². The predicted molar refractivity (Wildman–Crippen MR) is 149 cm³/mol. The number of thioether (sulfide) groups is 1. The highest BCUT2D eigenvalue weighted by Gasteiger charge is 2.23. The number of fused-ring (bicyclic) bond motifs is 3. The molecule has 1 amide bonds. The van der Waals surface area contributed by atoms with E-state index >= 15 is 0 Å². The number of rotatable bonds is 6. The Kier molecular flexibility index (Phi) is 7.14. The van der Waals surface area contributed by atoms with Crippen LogP contribution in [0.4, 0.5) is 5.69 Å². The summed E-state index contributed by atoms with van der Waals surface area (Å²) in [6, 6.07) is 15.5. The van der Waals surface area contributed by atoms with Crippen molar-refractivity contribution in [2.75, 3.05) is 11.1 Å². The highest BCUT2D eigenvalue weighted by Crippen LogP contribution is 2.35. The predicted octanol–water partition coefficient (Wildman–Crippen LogP) is 6.94. The first kappa shape index (κ1) is 24.3. The van der Waals surface area contributed by atoms with Crippen LogP contribution < -0.4 is 10.9 Å². The van der Waals surface area contributed by atoms with Gasteiger partial charge in [0.25, 0.3) is 5.56 Å². The van der Waals surface area contributed by atoms with Gasteiger partial charge in [0.1, 0.15) is 4.83 Å². The first-order valence-corrected chi connectivity index (χ1v) is 14.4. The lowest BCUT2D eigenvalue weighted by atomic mass is 9.97. The maximum absolute atomic E-state index is 13.8. The number of nitrogens with zero attached hydrogens (tertiary/aromatic N) is 2. The molecule has 0 saturated carbocycles. The van der Waals surface area contributed by atoms with Crippen molar-refractivity contribution in [3.05, 3.63) is 79.4 Å². The van der Waals surface area contributed by atoms with Gasteiger partial charge in [0.15, 0.2) is 5.16 Å². The Labute approximate surface area is 221 Å². The summed E-state index contributed by atoms with van der Waals surface area (Å²) in [4.78, 5) is 33.7. The van der Waals surface area contributed by atoms with Crippen molar-refractivity contribution < 1.29 is 4.79 Å². The van der Waals surface area contributed by atoms with Crippen LogP contribution in [0.25, 0.3) is 15.9 Å². The fourth-order valence-electron chi connectivity index (χ4n) is 4.53. The normalized spacial score (nSPS) is 13.3. The number of benzene rings is 2. The van der Waals surface area contributed by atoms with Crippen molar-refractivity contribution in [1.82, 2.24) is 9.55 Å². The lowest BCUT2D eigenvalue weighted by Gasteiger charge is -2.15. The van der Waals surface area contributed by atoms with Crippen molar-refractivity contribution in [1.29, 1.82) is 0 Å². The van der Waals surface area contributed by atoms with E-state index < -0.39 is 0 Å². The van der Waals surface area contributed by atoms with E-state index in [0.29, 0.717) is 11.1 Å². The maximum Gasteiger partial charge on any atom is 0.267 e. The Hall–Kier alpha value is -2.42. The molecule has 2 heterocycles. The smallest absolute Gasteiger partial charge is 0.267 e. The molecule has 35 heavy (non-hydrogen) atoms. The van der Waals surface area contributed by atoms with E-state index in [1.54, 1.807) is 15.9 Å². The summed E-state index contributed by atoms with van der Waals surface area (Å²) in [5.74, 6) is 0.340. The molecule has 0 aliphatic heterocycles. The highest BCUT2D eigenvalue weighted by atomic mass is 79.9. The van der Waals surface area contributed by atoms with Crippen LogP contribution in [0.2, 0.25) is 0 Å². The van der Waals surface area contributed by atoms with Gasteiger partial charge in [-0.15, -0.1) is 11.3 Å². The van der Waals surface area contributed by atoms with Crippen LogP contribution in [0, 0.1) is 0 Å². The SMILES string of the molecule is CC(C)c1ccccc1NC(=O)CSc1nc2sc3c(c2c(=O)n1-c1ccc(Br)cc1)CCCC3. The van der Waals surface area contributed by atoms with E-state index in [-0.39, 0.29) is 17.2 Å². The number of hydrogen-bond donors (Lipinski definition) is 1.